The highest BCUT2D eigenvalue weighted by atomic mass is 79.9. The number of hydrazone groups is 1. The topological polar surface area (TPSA) is 113 Å². The summed E-state index contributed by atoms with van der Waals surface area (Å²) in [5.74, 6) is 1.72. The molecule has 11 heteroatoms. The van der Waals surface area contributed by atoms with Crippen molar-refractivity contribution in [2.45, 2.75) is 38.5 Å². The molecule has 10 nitrogen and oxygen atoms in total. The number of benzene rings is 1. The van der Waals surface area contributed by atoms with Crippen molar-refractivity contribution in [2.24, 2.45) is 5.10 Å². The lowest BCUT2D eigenvalue weighted by molar-refractivity contribution is -0.385. The fourth-order valence-corrected chi connectivity index (χ4v) is 4.18. The Morgan fingerprint density at radius 3 is 2.10 bits per heavy atom. The van der Waals surface area contributed by atoms with Crippen molar-refractivity contribution < 1.29 is 4.92 Å². The van der Waals surface area contributed by atoms with Crippen LogP contribution in [0.4, 0.5) is 23.5 Å². The Morgan fingerprint density at radius 2 is 1.55 bits per heavy atom. The van der Waals surface area contributed by atoms with Crippen LogP contribution in [-0.2, 0) is 0 Å². The maximum absolute atomic E-state index is 11.1. The van der Waals surface area contributed by atoms with Crippen LogP contribution in [0.1, 0.15) is 44.1 Å². The summed E-state index contributed by atoms with van der Waals surface area (Å²) < 4.78 is 0.428. The molecule has 2 aliphatic heterocycles. The van der Waals surface area contributed by atoms with Crippen LogP contribution in [-0.4, -0.2) is 52.3 Å². The predicted molar refractivity (Wildman–Crippen MR) is 124 cm³/mol. The van der Waals surface area contributed by atoms with Crippen LogP contribution in [0.3, 0.4) is 0 Å². The zero-order chi connectivity index (χ0) is 21.6. The minimum absolute atomic E-state index is 0.0103. The fraction of sp³-hybridized carbons (Fsp3) is 0.500. The Labute approximate surface area is 189 Å². The van der Waals surface area contributed by atoms with Gasteiger partial charge in [-0.05, 0) is 60.5 Å². The number of rotatable bonds is 6. The van der Waals surface area contributed by atoms with E-state index in [0.29, 0.717) is 27.9 Å². The van der Waals surface area contributed by atoms with Crippen LogP contribution in [0, 0.1) is 10.1 Å². The average molecular weight is 489 g/mol. The molecular weight excluding hydrogens is 464 g/mol. The maximum Gasteiger partial charge on any atom is 0.284 e. The smallest absolute Gasteiger partial charge is 0.284 e. The van der Waals surface area contributed by atoms with Gasteiger partial charge in [0.2, 0.25) is 17.8 Å². The van der Waals surface area contributed by atoms with E-state index >= 15 is 0 Å². The third-order valence-corrected chi connectivity index (χ3v) is 6.11. The second-order valence-corrected chi connectivity index (χ2v) is 8.55. The van der Waals surface area contributed by atoms with Crippen molar-refractivity contribution in [3.05, 3.63) is 38.3 Å². The highest BCUT2D eigenvalue weighted by molar-refractivity contribution is 9.10. The van der Waals surface area contributed by atoms with E-state index in [2.05, 4.69) is 46.2 Å². The summed E-state index contributed by atoms with van der Waals surface area (Å²) in [5.41, 5.74) is 3.48. The van der Waals surface area contributed by atoms with Crippen molar-refractivity contribution in [3.8, 4) is 0 Å². The van der Waals surface area contributed by atoms with E-state index in [1.807, 2.05) is 0 Å². The van der Waals surface area contributed by atoms with Crippen molar-refractivity contribution in [1.29, 1.82) is 0 Å². The summed E-state index contributed by atoms with van der Waals surface area (Å²) in [6.07, 6.45) is 8.51. The molecule has 1 aromatic heterocycles. The number of nitro benzene ring substituents is 1. The van der Waals surface area contributed by atoms with Gasteiger partial charge in [-0.3, -0.25) is 10.1 Å². The molecule has 1 aromatic carbocycles. The first kappa shape index (κ1) is 21.4. The SMILES string of the molecule is O=[N+]([O-])c1cc(/C=N\Nc2nc(N3CCCCC3)nc(N3CCCCC3)n2)ccc1Br. The zero-order valence-corrected chi connectivity index (χ0v) is 18.8. The summed E-state index contributed by atoms with van der Waals surface area (Å²) in [6.45, 7) is 3.76. The number of hydrogen-bond acceptors (Lipinski definition) is 9. The van der Waals surface area contributed by atoms with Gasteiger partial charge < -0.3 is 9.80 Å². The Bertz CT molecular complexity index is 922. The predicted octanol–water partition coefficient (Wildman–Crippen LogP) is 3.97. The number of nitrogens with zero attached hydrogens (tertiary/aromatic N) is 7. The summed E-state index contributed by atoms with van der Waals surface area (Å²) in [5, 5.41) is 15.3. The van der Waals surface area contributed by atoms with Crippen molar-refractivity contribution in [3.63, 3.8) is 0 Å². The molecule has 0 spiro atoms. The standard InChI is InChI=1S/C20H25BrN8O2/c21-16-8-7-15(13-17(16)29(30)31)14-22-26-18-23-19(27-9-3-1-4-10-27)25-20(24-18)28-11-5-2-6-12-28/h7-8,13-14H,1-6,9-12H2,(H,23,24,25,26)/b22-14-. The lowest BCUT2D eigenvalue weighted by atomic mass is 10.1. The second-order valence-electron chi connectivity index (χ2n) is 7.69. The van der Waals surface area contributed by atoms with Gasteiger partial charge in [-0.15, -0.1) is 0 Å². The van der Waals surface area contributed by atoms with Gasteiger partial charge >= 0.3 is 0 Å². The molecule has 0 radical (unpaired) electrons. The van der Waals surface area contributed by atoms with Crippen LogP contribution in [0.2, 0.25) is 0 Å². The van der Waals surface area contributed by atoms with E-state index in [1.54, 1.807) is 12.1 Å². The molecule has 3 heterocycles. The molecule has 2 aliphatic rings. The zero-order valence-electron chi connectivity index (χ0n) is 17.2. The van der Waals surface area contributed by atoms with Gasteiger partial charge in [0.15, 0.2) is 0 Å². The molecule has 4 rings (SSSR count). The molecule has 0 bridgehead atoms. The quantitative estimate of drug-likeness (QED) is 0.369. The Morgan fingerprint density at radius 1 is 0.968 bits per heavy atom. The highest BCUT2D eigenvalue weighted by Gasteiger charge is 2.20. The summed E-state index contributed by atoms with van der Waals surface area (Å²) in [4.78, 5) is 29.0. The molecule has 2 saturated heterocycles. The second kappa shape index (κ2) is 9.99. The first-order chi connectivity index (χ1) is 15.1. The highest BCUT2D eigenvalue weighted by Crippen LogP contribution is 2.25. The van der Waals surface area contributed by atoms with Gasteiger partial charge in [-0.25, -0.2) is 5.43 Å². The van der Waals surface area contributed by atoms with E-state index in [0.717, 1.165) is 51.9 Å². The van der Waals surface area contributed by atoms with E-state index in [9.17, 15) is 10.1 Å². The molecule has 0 aliphatic carbocycles. The molecule has 31 heavy (non-hydrogen) atoms. The van der Waals surface area contributed by atoms with Gasteiger partial charge in [-0.2, -0.15) is 20.1 Å². The van der Waals surface area contributed by atoms with Gasteiger partial charge in [0, 0.05) is 37.8 Å². The van der Waals surface area contributed by atoms with Crippen molar-refractivity contribution in [2.75, 3.05) is 41.4 Å². The Kier molecular flexibility index (Phi) is 6.90. The Balaban J connectivity index is 1.55. The number of nitro groups is 1. The average Bonchev–Trinajstić information content (AvgIpc) is 2.81. The molecular formula is C20H25BrN8O2. The van der Waals surface area contributed by atoms with E-state index in [-0.39, 0.29) is 5.69 Å². The van der Waals surface area contributed by atoms with Gasteiger partial charge in [0.25, 0.3) is 5.69 Å². The number of aromatic nitrogens is 3. The summed E-state index contributed by atoms with van der Waals surface area (Å²) >= 11 is 3.19. The van der Waals surface area contributed by atoms with Gasteiger partial charge in [0.1, 0.15) is 0 Å². The third-order valence-electron chi connectivity index (χ3n) is 5.43. The molecule has 0 saturated carbocycles. The number of piperidine rings is 2. The fourth-order valence-electron chi connectivity index (χ4n) is 3.79. The molecule has 164 valence electrons. The lowest BCUT2D eigenvalue weighted by Crippen LogP contribution is -2.34. The minimum Gasteiger partial charge on any atom is -0.341 e. The normalized spacial score (nSPS) is 17.2. The first-order valence-corrected chi connectivity index (χ1v) is 11.4. The van der Waals surface area contributed by atoms with Crippen LogP contribution >= 0.6 is 15.9 Å². The van der Waals surface area contributed by atoms with Crippen molar-refractivity contribution in [1.82, 2.24) is 15.0 Å². The molecule has 0 atom stereocenters. The lowest BCUT2D eigenvalue weighted by Gasteiger charge is -2.30. The van der Waals surface area contributed by atoms with Gasteiger partial charge in [0.05, 0.1) is 15.6 Å². The van der Waals surface area contributed by atoms with Crippen LogP contribution in [0.15, 0.2) is 27.8 Å². The Hall–Kier alpha value is -2.82. The number of anilines is 3. The number of hydrogen-bond donors (Lipinski definition) is 1. The monoisotopic (exact) mass is 488 g/mol. The largest absolute Gasteiger partial charge is 0.341 e. The summed E-state index contributed by atoms with van der Waals surface area (Å²) in [7, 11) is 0. The number of nitrogens with one attached hydrogen (secondary N) is 1. The number of halogens is 1. The van der Waals surface area contributed by atoms with Gasteiger partial charge in [-0.1, -0.05) is 6.07 Å². The van der Waals surface area contributed by atoms with E-state index in [1.165, 1.54) is 25.1 Å². The molecule has 2 fully saturated rings. The molecule has 2 aromatic rings. The van der Waals surface area contributed by atoms with E-state index in [4.69, 9.17) is 4.98 Å². The first-order valence-electron chi connectivity index (χ1n) is 10.6. The molecule has 0 amide bonds. The molecule has 0 unspecified atom stereocenters. The van der Waals surface area contributed by atoms with Crippen LogP contribution < -0.4 is 15.2 Å². The van der Waals surface area contributed by atoms with Crippen LogP contribution in [0.5, 0.6) is 0 Å². The van der Waals surface area contributed by atoms with E-state index < -0.39 is 4.92 Å². The van der Waals surface area contributed by atoms with Crippen LogP contribution in [0.25, 0.3) is 0 Å². The maximum atomic E-state index is 11.1. The summed E-state index contributed by atoms with van der Waals surface area (Å²) in [6, 6.07) is 4.83. The molecule has 1 N–H and O–H groups in total. The van der Waals surface area contributed by atoms with Crippen molar-refractivity contribution >= 4 is 45.7 Å². The third kappa shape index (κ3) is 5.46. The minimum atomic E-state index is -0.434.